The lowest BCUT2D eigenvalue weighted by atomic mass is 10.0. The van der Waals surface area contributed by atoms with Crippen LogP contribution < -0.4 is 11.0 Å². The van der Waals surface area contributed by atoms with E-state index < -0.39 is 6.10 Å². The number of nitrogens with one attached hydrogen (secondary N) is 2. The molecule has 6 nitrogen and oxygen atoms in total. The van der Waals surface area contributed by atoms with E-state index in [4.69, 9.17) is 0 Å². The summed E-state index contributed by atoms with van der Waals surface area (Å²) in [6.45, 7) is 0.0977. The molecule has 1 atom stereocenters. The minimum atomic E-state index is -0.807. The zero-order chi connectivity index (χ0) is 19.0. The van der Waals surface area contributed by atoms with Gasteiger partial charge in [-0.1, -0.05) is 36.4 Å². The Hall–Kier alpha value is -3.38. The van der Waals surface area contributed by atoms with Gasteiger partial charge in [0.15, 0.2) is 0 Å². The number of H-pyrrole nitrogens is 1. The molecular weight excluding hydrogens is 342 g/mol. The summed E-state index contributed by atoms with van der Waals surface area (Å²) < 4.78 is 1.49. The third kappa shape index (κ3) is 3.22. The molecule has 0 spiro atoms. The fourth-order valence-electron chi connectivity index (χ4n) is 3.20. The van der Waals surface area contributed by atoms with E-state index in [1.165, 1.54) is 4.57 Å². The van der Waals surface area contributed by atoms with Crippen molar-refractivity contribution in [3.8, 4) is 0 Å². The fourth-order valence-corrected chi connectivity index (χ4v) is 3.20. The summed E-state index contributed by atoms with van der Waals surface area (Å²) in [5.41, 5.74) is 2.28. The van der Waals surface area contributed by atoms with Crippen LogP contribution in [0.25, 0.3) is 21.8 Å². The first-order chi connectivity index (χ1) is 13.0. The molecule has 1 heterocycles. The van der Waals surface area contributed by atoms with Crippen LogP contribution in [0.3, 0.4) is 0 Å². The summed E-state index contributed by atoms with van der Waals surface area (Å²) >= 11 is 0. The van der Waals surface area contributed by atoms with Crippen molar-refractivity contribution < 1.29 is 9.90 Å². The molecule has 0 aliphatic heterocycles. The van der Waals surface area contributed by atoms with Gasteiger partial charge in [-0.25, -0.2) is 4.79 Å². The number of aryl methyl sites for hydroxylation is 1. The second-order valence-corrected chi connectivity index (χ2v) is 6.55. The lowest BCUT2D eigenvalue weighted by Gasteiger charge is -2.13. The maximum absolute atomic E-state index is 12.4. The molecule has 0 fully saturated rings. The minimum absolute atomic E-state index is 0.0977. The average Bonchev–Trinajstić information content (AvgIpc) is 2.98. The monoisotopic (exact) mass is 361 g/mol. The van der Waals surface area contributed by atoms with Gasteiger partial charge in [0.25, 0.3) is 5.91 Å². The number of benzene rings is 3. The highest BCUT2D eigenvalue weighted by molar-refractivity contribution is 5.97. The third-order valence-corrected chi connectivity index (χ3v) is 4.78. The van der Waals surface area contributed by atoms with E-state index >= 15 is 0 Å². The van der Waals surface area contributed by atoms with Crippen molar-refractivity contribution in [2.75, 3.05) is 6.54 Å². The number of aliphatic hydroxyl groups excluding tert-OH is 1. The van der Waals surface area contributed by atoms with E-state index in [9.17, 15) is 14.7 Å². The molecule has 3 aromatic carbocycles. The Morgan fingerprint density at radius 1 is 1.11 bits per heavy atom. The number of hydrogen-bond donors (Lipinski definition) is 3. The van der Waals surface area contributed by atoms with Crippen LogP contribution >= 0.6 is 0 Å². The molecule has 0 aliphatic carbocycles. The average molecular weight is 361 g/mol. The van der Waals surface area contributed by atoms with Crippen LogP contribution in [0, 0.1) is 0 Å². The number of rotatable bonds is 4. The Kier molecular flexibility index (Phi) is 4.25. The zero-order valence-corrected chi connectivity index (χ0v) is 14.8. The Morgan fingerprint density at radius 2 is 1.89 bits per heavy atom. The molecule has 0 saturated carbocycles. The number of carbonyl (C=O) groups is 1. The Balaban J connectivity index is 1.48. The van der Waals surface area contributed by atoms with Crippen molar-refractivity contribution in [2.45, 2.75) is 6.10 Å². The van der Waals surface area contributed by atoms with Crippen molar-refractivity contribution >= 4 is 27.7 Å². The number of aromatic amines is 1. The van der Waals surface area contributed by atoms with E-state index in [2.05, 4.69) is 10.3 Å². The summed E-state index contributed by atoms with van der Waals surface area (Å²) in [6, 6.07) is 18.7. The number of carbonyl (C=O) groups excluding carboxylic acids is 1. The SMILES string of the molecule is Cn1c(=O)[nH]c2cc(C(=O)NCC(O)c3ccc4ccccc4c3)ccc21. The number of aromatic nitrogens is 2. The van der Waals surface area contributed by atoms with Crippen LogP contribution in [0.1, 0.15) is 22.0 Å². The van der Waals surface area contributed by atoms with Gasteiger partial charge in [-0.3, -0.25) is 9.36 Å². The van der Waals surface area contributed by atoms with Crippen molar-refractivity contribution in [1.29, 1.82) is 0 Å². The Bertz CT molecular complexity index is 1210. The van der Waals surface area contributed by atoms with Crippen molar-refractivity contribution in [3.05, 3.63) is 82.3 Å². The van der Waals surface area contributed by atoms with E-state index in [1.54, 1.807) is 25.2 Å². The van der Waals surface area contributed by atoms with Crippen LogP contribution in [0.5, 0.6) is 0 Å². The summed E-state index contributed by atoms with van der Waals surface area (Å²) in [4.78, 5) is 26.8. The highest BCUT2D eigenvalue weighted by atomic mass is 16.3. The molecule has 0 saturated heterocycles. The van der Waals surface area contributed by atoms with E-state index in [0.29, 0.717) is 11.1 Å². The van der Waals surface area contributed by atoms with Gasteiger partial charge in [0, 0.05) is 19.2 Å². The first-order valence-electron chi connectivity index (χ1n) is 8.66. The van der Waals surface area contributed by atoms with Crippen LogP contribution in [0.4, 0.5) is 0 Å². The van der Waals surface area contributed by atoms with Crippen molar-refractivity contribution in [1.82, 2.24) is 14.9 Å². The second kappa shape index (κ2) is 6.74. The van der Waals surface area contributed by atoms with Crippen LogP contribution in [-0.4, -0.2) is 27.1 Å². The Morgan fingerprint density at radius 3 is 2.70 bits per heavy atom. The highest BCUT2D eigenvalue weighted by Crippen LogP contribution is 2.20. The first-order valence-corrected chi connectivity index (χ1v) is 8.66. The van der Waals surface area contributed by atoms with Crippen molar-refractivity contribution in [2.24, 2.45) is 7.05 Å². The quantitative estimate of drug-likeness (QED) is 0.522. The fraction of sp³-hybridized carbons (Fsp3) is 0.143. The van der Waals surface area contributed by atoms with Crippen molar-refractivity contribution in [3.63, 3.8) is 0 Å². The molecule has 4 rings (SSSR count). The molecule has 0 radical (unpaired) electrons. The number of aliphatic hydroxyl groups is 1. The van der Waals surface area contributed by atoms with Gasteiger partial charge in [-0.05, 0) is 40.6 Å². The molecule has 27 heavy (non-hydrogen) atoms. The topological polar surface area (TPSA) is 87.1 Å². The van der Waals surface area contributed by atoms with Crippen LogP contribution in [0.2, 0.25) is 0 Å². The molecule has 0 bridgehead atoms. The molecule has 6 heteroatoms. The molecule has 1 aromatic heterocycles. The maximum Gasteiger partial charge on any atom is 0.326 e. The first kappa shape index (κ1) is 17.1. The smallest absolute Gasteiger partial charge is 0.326 e. The highest BCUT2D eigenvalue weighted by Gasteiger charge is 2.13. The van der Waals surface area contributed by atoms with Gasteiger partial charge in [0.2, 0.25) is 0 Å². The van der Waals surface area contributed by atoms with E-state index in [0.717, 1.165) is 21.9 Å². The second-order valence-electron chi connectivity index (χ2n) is 6.55. The van der Waals surface area contributed by atoms with Gasteiger partial charge >= 0.3 is 5.69 Å². The number of hydrogen-bond acceptors (Lipinski definition) is 3. The van der Waals surface area contributed by atoms with Gasteiger partial charge in [0.1, 0.15) is 0 Å². The van der Waals surface area contributed by atoms with E-state index in [1.807, 2.05) is 42.5 Å². The van der Waals surface area contributed by atoms with Gasteiger partial charge in [0.05, 0.1) is 17.1 Å². The molecule has 4 aromatic rings. The summed E-state index contributed by atoms with van der Waals surface area (Å²) in [6.07, 6.45) is -0.807. The summed E-state index contributed by atoms with van der Waals surface area (Å²) in [5, 5.41) is 15.3. The number of amides is 1. The van der Waals surface area contributed by atoms with Crippen LogP contribution in [0.15, 0.2) is 65.5 Å². The van der Waals surface area contributed by atoms with Gasteiger partial charge in [-0.2, -0.15) is 0 Å². The Labute approximate surface area is 155 Å². The maximum atomic E-state index is 12.4. The lowest BCUT2D eigenvalue weighted by molar-refractivity contribution is 0.0916. The van der Waals surface area contributed by atoms with Gasteiger partial charge in [-0.15, -0.1) is 0 Å². The third-order valence-electron chi connectivity index (χ3n) is 4.78. The predicted octanol–water partition coefficient (Wildman–Crippen LogP) is 2.48. The largest absolute Gasteiger partial charge is 0.387 e. The molecule has 1 amide bonds. The van der Waals surface area contributed by atoms with Gasteiger partial charge < -0.3 is 15.4 Å². The minimum Gasteiger partial charge on any atom is -0.387 e. The molecular formula is C21H19N3O3. The number of nitrogens with zero attached hydrogens (tertiary/aromatic N) is 1. The zero-order valence-electron chi connectivity index (χ0n) is 14.8. The lowest BCUT2D eigenvalue weighted by Crippen LogP contribution is -2.28. The van der Waals surface area contributed by atoms with E-state index in [-0.39, 0.29) is 18.1 Å². The normalized spacial score (nSPS) is 12.4. The molecule has 1 unspecified atom stereocenters. The molecule has 0 aliphatic rings. The summed E-state index contributed by atoms with van der Waals surface area (Å²) in [7, 11) is 1.67. The number of fused-ring (bicyclic) bond motifs is 2. The standard InChI is InChI=1S/C21H19N3O3/c1-24-18-9-8-16(11-17(18)23-21(24)27)20(26)22-12-19(25)15-7-6-13-4-2-3-5-14(13)10-15/h2-11,19,25H,12H2,1H3,(H,22,26)(H,23,27). The molecule has 136 valence electrons. The number of imidazole rings is 1. The molecule has 3 N–H and O–H groups in total. The summed E-state index contributed by atoms with van der Waals surface area (Å²) in [5.74, 6) is -0.304. The predicted molar refractivity (Wildman–Crippen MR) is 105 cm³/mol. The van der Waals surface area contributed by atoms with Crippen LogP contribution in [-0.2, 0) is 7.05 Å².